The van der Waals surface area contributed by atoms with Crippen LogP contribution in [0.5, 0.6) is 5.75 Å². The number of aryl methyl sites for hydroxylation is 1. The van der Waals surface area contributed by atoms with Crippen LogP contribution in [-0.4, -0.2) is 0 Å². The Kier molecular flexibility index (Phi) is 2.40. The molecule has 0 heterocycles. The summed E-state index contributed by atoms with van der Waals surface area (Å²) in [5.74, 6) is 0.944. The minimum atomic E-state index is 0.944. The second-order valence-corrected chi connectivity index (χ2v) is 3.43. The van der Waals surface area contributed by atoms with Crippen LogP contribution < -0.4 is 3.07 Å². The lowest BCUT2D eigenvalue weighted by Gasteiger charge is -2.05. The molecule has 2 heteroatoms. The summed E-state index contributed by atoms with van der Waals surface area (Å²) >= 11 is 1.91. The van der Waals surface area contributed by atoms with Crippen LogP contribution in [0.2, 0.25) is 0 Å². The van der Waals surface area contributed by atoms with Crippen LogP contribution in [-0.2, 0) is 0 Å². The van der Waals surface area contributed by atoms with Crippen LogP contribution in [0.15, 0.2) is 36.4 Å². The average molecular weight is 284 g/mol. The second-order valence-electron chi connectivity index (χ2n) is 2.99. The summed E-state index contributed by atoms with van der Waals surface area (Å²) < 4.78 is 5.22. The van der Waals surface area contributed by atoms with Gasteiger partial charge < -0.3 is 3.07 Å². The Morgan fingerprint density at radius 1 is 1.08 bits per heavy atom. The van der Waals surface area contributed by atoms with Crippen LogP contribution in [0.3, 0.4) is 0 Å². The quantitative estimate of drug-likeness (QED) is 0.722. The molecular formula is C11H9IO. The van der Waals surface area contributed by atoms with Crippen molar-refractivity contribution in [2.75, 3.05) is 0 Å². The topological polar surface area (TPSA) is 9.23 Å². The standard InChI is InChI=1S/C11H9IO/c1-8-10-5-3-2-4-9(10)6-7-11(8)13-12/h2-7H,1H3. The van der Waals surface area contributed by atoms with Crippen LogP contribution in [0.4, 0.5) is 0 Å². The molecule has 2 aromatic carbocycles. The fourth-order valence-corrected chi connectivity index (χ4v) is 1.97. The zero-order valence-corrected chi connectivity index (χ0v) is 9.41. The maximum atomic E-state index is 5.22. The number of hydrogen-bond acceptors (Lipinski definition) is 1. The zero-order valence-electron chi connectivity index (χ0n) is 7.25. The Morgan fingerprint density at radius 3 is 2.62 bits per heavy atom. The highest BCUT2D eigenvalue weighted by atomic mass is 127. The Balaban J connectivity index is 2.79. The van der Waals surface area contributed by atoms with E-state index in [0.29, 0.717) is 0 Å². The normalized spacial score (nSPS) is 10.3. The predicted molar refractivity (Wildman–Crippen MR) is 63.3 cm³/mol. The Bertz CT molecular complexity index is 437. The molecule has 1 nitrogen and oxygen atoms in total. The molecule has 0 amide bonds. The van der Waals surface area contributed by atoms with E-state index in [1.165, 1.54) is 16.3 Å². The molecule has 0 aromatic heterocycles. The van der Waals surface area contributed by atoms with Crippen molar-refractivity contribution in [2.45, 2.75) is 6.92 Å². The molecule has 0 radical (unpaired) electrons. The molecule has 0 fully saturated rings. The van der Waals surface area contributed by atoms with Gasteiger partial charge in [0.2, 0.25) is 0 Å². The average Bonchev–Trinajstić information content (AvgIpc) is 2.19. The minimum Gasteiger partial charge on any atom is -0.427 e. The summed E-state index contributed by atoms with van der Waals surface area (Å²) in [6, 6.07) is 12.4. The number of hydrogen-bond donors (Lipinski definition) is 0. The van der Waals surface area contributed by atoms with Crippen molar-refractivity contribution in [3.8, 4) is 5.75 Å². The van der Waals surface area contributed by atoms with Crippen molar-refractivity contribution < 1.29 is 3.07 Å². The summed E-state index contributed by atoms with van der Waals surface area (Å²) in [7, 11) is 0. The van der Waals surface area contributed by atoms with E-state index in [4.69, 9.17) is 3.07 Å². The van der Waals surface area contributed by atoms with Gasteiger partial charge in [-0.3, -0.25) is 0 Å². The van der Waals surface area contributed by atoms with Crippen LogP contribution in [0.1, 0.15) is 5.56 Å². The molecule has 13 heavy (non-hydrogen) atoms. The summed E-state index contributed by atoms with van der Waals surface area (Å²) in [4.78, 5) is 0. The molecule has 0 spiro atoms. The highest BCUT2D eigenvalue weighted by molar-refractivity contribution is 14.1. The monoisotopic (exact) mass is 284 g/mol. The van der Waals surface area contributed by atoms with E-state index < -0.39 is 0 Å². The number of fused-ring (bicyclic) bond motifs is 1. The zero-order chi connectivity index (χ0) is 9.26. The van der Waals surface area contributed by atoms with Gasteiger partial charge in [-0.15, -0.1) is 0 Å². The van der Waals surface area contributed by atoms with Gasteiger partial charge in [0.05, 0.1) is 0 Å². The first-order valence-corrected chi connectivity index (χ1v) is 4.98. The number of halogens is 1. The lowest BCUT2D eigenvalue weighted by Crippen LogP contribution is -1.82. The largest absolute Gasteiger partial charge is 0.427 e. The third-order valence-electron chi connectivity index (χ3n) is 2.23. The van der Waals surface area contributed by atoms with Gasteiger partial charge in [0, 0.05) is 0 Å². The first kappa shape index (κ1) is 8.81. The van der Waals surface area contributed by atoms with Crippen molar-refractivity contribution in [3.63, 3.8) is 0 Å². The third-order valence-corrected chi connectivity index (χ3v) is 2.71. The van der Waals surface area contributed by atoms with E-state index in [1.807, 2.05) is 41.2 Å². The smallest absolute Gasteiger partial charge is 0.192 e. The van der Waals surface area contributed by atoms with Crippen molar-refractivity contribution in [1.82, 2.24) is 0 Å². The highest BCUT2D eigenvalue weighted by Crippen LogP contribution is 2.27. The van der Waals surface area contributed by atoms with Gasteiger partial charge in [-0.2, -0.15) is 0 Å². The van der Waals surface area contributed by atoms with Gasteiger partial charge in [-0.05, 0) is 29.3 Å². The molecule has 2 rings (SSSR count). The van der Waals surface area contributed by atoms with Gasteiger partial charge in [-0.1, -0.05) is 30.3 Å². The lowest BCUT2D eigenvalue weighted by atomic mass is 10.1. The molecule has 0 saturated heterocycles. The SMILES string of the molecule is Cc1c(OI)ccc2ccccc12. The molecule has 0 aliphatic heterocycles. The van der Waals surface area contributed by atoms with Gasteiger partial charge in [0.15, 0.2) is 23.0 Å². The van der Waals surface area contributed by atoms with Gasteiger partial charge >= 0.3 is 0 Å². The maximum Gasteiger partial charge on any atom is 0.192 e. The van der Waals surface area contributed by atoms with E-state index in [1.54, 1.807) is 0 Å². The molecule has 0 unspecified atom stereocenters. The second kappa shape index (κ2) is 3.54. The molecule has 2 aromatic rings. The Hall–Kier alpha value is -0.770. The van der Waals surface area contributed by atoms with Crippen molar-refractivity contribution >= 4 is 33.8 Å². The molecular weight excluding hydrogens is 275 g/mol. The molecule has 0 aliphatic carbocycles. The maximum absolute atomic E-state index is 5.22. The van der Waals surface area contributed by atoms with Crippen molar-refractivity contribution in [2.24, 2.45) is 0 Å². The first-order chi connectivity index (χ1) is 6.33. The van der Waals surface area contributed by atoms with E-state index >= 15 is 0 Å². The summed E-state index contributed by atoms with van der Waals surface area (Å²) in [5.41, 5.74) is 1.20. The fraction of sp³-hybridized carbons (Fsp3) is 0.0909. The van der Waals surface area contributed by atoms with Gasteiger partial charge in [-0.25, -0.2) is 0 Å². The van der Waals surface area contributed by atoms with Crippen molar-refractivity contribution in [3.05, 3.63) is 42.0 Å². The van der Waals surface area contributed by atoms with E-state index in [2.05, 4.69) is 25.1 Å². The van der Waals surface area contributed by atoms with Crippen molar-refractivity contribution in [1.29, 1.82) is 0 Å². The molecule has 0 bridgehead atoms. The summed E-state index contributed by atoms with van der Waals surface area (Å²) in [6.07, 6.45) is 0. The minimum absolute atomic E-state index is 0.944. The van der Waals surface area contributed by atoms with E-state index in [-0.39, 0.29) is 0 Å². The van der Waals surface area contributed by atoms with Gasteiger partial charge in [0.1, 0.15) is 5.75 Å². The first-order valence-electron chi connectivity index (χ1n) is 4.10. The van der Waals surface area contributed by atoms with Crippen LogP contribution in [0.25, 0.3) is 10.8 Å². The fourth-order valence-electron chi connectivity index (χ4n) is 1.49. The number of benzene rings is 2. The Labute approximate surface area is 91.4 Å². The van der Waals surface area contributed by atoms with E-state index in [0.717, 1.165) is 5.75 Å². The number of rotatable bonds is 1. The lowest BCUT2D eigenvalue weighted by molar-refractivity contribution is 0.711. The predicted octanol–water partition coefficient (Wildman–Crippen LogP) is 3.88. The van der Waals surface area contributed by atoms with E-state index in [9.17, 15) is 0 Å². The van der Waals surface area contributed by atoms with Crippen LogP contribution in [0, 0.1) is 6.92 Å². The molecule has 0 atom stereocenters. The molecule has 0 saturated carbocycles. The molecule has 66 valence electrons. The summed E-state index contributed by atoms with van der Waals surface area (Å²) in [6.45, 7) is 2.08. The Morgan fingerprint density at radius 2 is 1.85 bits per heavy atom. The highest BCUT2D eigenvalue weighted by Gasteiger charge is 2.02. The summed E-state index contributed by atoms with van der Waals surface area (Å²) in [5, 5.41) is 2.52. The van der Waals surface area contributed by atoms with Gasteiger partial charge in [0.25, 0.3) is 0 Å². The molecule has 0 aliphatic rings. The third kappa shape index (κ3) is 1.50. The molecule has 0 N–H and O–H groups in total. The van der Waals surface area contributed by atoms with Crippen LogP contribution >= 0.6 is 23.0 Å².